The van der Waals surface area contributed by atoms with E-state index in [1.165, 1.54) is 23.5 Å². The molecule has 0 aliphatic rings. The summed E-state index contributed by atoms with van der Waals surface area (Å²) in [7, 11) is 0. The molecule has 0 fully saturated rings. The first-order chi connectivity index (χ1) is 9.61. The van der Waals surface area contributed by atoms with Crippen LogP contribution in [0.4, 0.5) is 5.69 Å². The lowest BCUT2D eigenvalue weighted by Crippen LogP contribution is -1.86. The van der Waals surface area contributed by atoms with E-state index in [2.05, 4.69) is 20.9 Å². The second-order valence-electron chi connectivity index (χ2n) is 3.98. The summed E-state index contributed by atoms with van der Waals surface area (Å²) in [4.78, 5) is 14.7. The number of benzene rings is 1. The molecule has 0 spiro atoms. The van der Waals surface area contributed by atoms with E-state index < -0.39 is 4.92 Å². The Kier molecular flexibility index (Phi) is 3.64. The van der Waals surface area contributed by atoms with Crippen LogP contribution in [0.3, 0.4) is 0 Å². The van der Waals surface area contributed by atoms with Crippen molar-refractivity contribution in [3.8, 4) is 0 Å². The maximum absolute atomic E-state index is 10.7. The van der Waals surface area contributed by atoms with Gasteiger partial charge in [-0.25, -0.2) is 4.98 Å². The molecular formula is C13H7BrN2O2S2. The van der Waals surface area contributed by atoms with Crippen molar-refractivity contribution in [2.24, 2.45) is 0 Å². The van der Waals surface area contributed by atoms with Crippen LogP contribution in [-0.4, -0.2) is 9.91 Å². The fraction of sp³-hybridized carbons (Fsp3) is 0. The Labute approximate surface area is 130 Å². The normalized spacial score (nSPS) is 11.4. The second kappa shape index (κ2) is 5.43. The van der Waals surface area contributed by atoms with Gasteiger partial charge in [-0.3, -0.25) is 10.1 Å². The summed E-state index contributed by atoms with van der Waals surface area (Å²) < 4.78 is 2.03. The monoisotopic (exact) mass is 366 g/mol. The molecule has 0 amide bonds. The molecule has 3 rings (SSSR count). The largest absolute Gasteiger partial charge is 0.271 e. The van der Waals surface area contributed by atoms with Crippen LogP contribution in [0.1, 0.15) is 10.6 Å². The first-order valence-corrected chi connectivity index (χ1v) is 8.08. The Morgan fingerprint density at radius 2 is 2.15 bits per heavy atom. The summed E-state index contributed by atoms with van der Waals surface area (Å²) in [6, 6.07) is 6.78. The molecular weight excluding hydrogens is 360 g/mol. The van der Waals surface area contributed by atoms with Gasteiger partial charge in [0.25, 0.3) is 5.69 Å². The molecule has 2 aromatic heterocycles. The van der Waals surface area contributed by atoms with Gasteiger partial charge in [0.05, 0.1) is 18.9 Å². The van der Waals surface area contributed by atoms with Gasteiger partial charge in [0.2, 0.25) is 0 Å². The average molecular weight is 367 g/mol. The molecule has 0 saturated heterocycles. The van der Waals surface area contributed by atoms with Gasteiger partial charge in [-0.05, 0) is 45.1 Å². The standard InChI is InChI=1S/C13H7BrN2O2S2/c14-12-5-8(7-19-12)1-4-13-15-10-6-9(16(17)18)2-3-11(10)20-13/h1-7H/b4-1+. The summed E-state index contributed by atoms with van der Waals surface area (Å²) in [5, 5.41) is 13.6. The summed E-state index contributed by atoms with van der Waals surface area (Å²) >= 11 is 6.55. The van der Waals surface area contributed by atoms with Gasteiger partial charge < -0.3 is 0 Å². The number of nitro groups is 1. The van der Waals surface area contributed by atoms with E-state index in [9.17, 15) is 10.1 Å². The highest BCUT2D eigenvalue weighted by atomic mass is 79.9. The highest BCUT2D eigenvalue weighted by molar-refractivity contribution is 9.11. The van der Waals surface area contributed by atoms with Crippen LogP contribution in [0, 0.1) is 10.1 Å². The van der Waals surface area contributed by atoms with Crippen molar-refractivity contribution in [1.82, 2.24) is 4.98 Å². The molecule has 3 aromatic rings. The molecule has 0 atom stereocenters. The summed E-state index contributed by atoms with van der Waals surface area (Å²) in [5.41, 5.74) is 1.84. The molecule has 20 heavy (non-hydrogen) atoms. The predicted molar refractivity (Wildman–Crippen MR) is 87.2 cm³/mol. The molecule has 100 valence electrons. The van der Waals surface area contributed by atoms with Crippen LogP contribution in [-0.2, 0) is 0 Å². The number of fused-ring (bicyclic) bond motifs is 1. The maximum Gasteiger partial charge on any atom is 0.271 e. The van der Waals surface area contributed by atoms with Gasteiger partial charge in [0.1, 0.15) is 5.01 Å². The van der Waals surface area contributed by atoms with Crippen molar-refractivity contribution in [2.75, 3.05) is 0 Å². The van der Waals surface area contributed by atoms with E-state index >= 15 is 0 Å². The van der Waals surface area contributed by atoms with E-state index in [1.807, 2.05) is 23.6 Å². The summed E-state index contributed by atoms with van der Waals surface area (Å²) in [6.07, 6.45) is 3.90. The fourth-order valence-corrected chi connectivity index (χ4v) is 3.69. The smallest absolute Gasteiger partial charge is 0.258 e. The van der Waals surface area contributed by atoms with E-state index in [0.717, 1.165) is 19.1 Å². The van der Waals surface area contributed by atoms with E-state index in [-0.39, 0.29) is 5.69 Å². The molecule has 0 N–H and O–H groups in total. The molecule has 0 radical (unpaired) electrons. The lowest BCUT2D eigenvalue weighted by Gasteiger charge is -1.89. The Morgan fingerprint density at radius 1 is 1.30 bits per heavy atom. The van der Waals surface area contributed by atoms with Crippen LogP contribution in [0.5, 0.6) is 0 Å². The topological polar surface area (TPSA) is 56.0 Å². The maximum atomic E-state index is 10.7. The summed E-state index contributed by atoms with van der Waals surface area (Å²) in [6.45, 7) is 0. The zero-order valence-corrected chi connectivity index (χ0v) is 13.2. The zero-order valence-electron chi connectivity index (χ0n) is 9.95. The molecule has 0 unspecified atom stereocenters. The number of halogens is 1. The first-order valence-electron chi connectivity index (χ1n) is 5.59. The number of rotatable bonds is 3. The van der Waals surface area contributed by atoms with Gasteiger partial charge in [-0.1, -0.05) is 6.08 Å². The number of hydrogen-bond donors (Lipinski definition) is 0. The van der Waals surface area contributed by atoms with Gasteiger partial charge in [-0.2, -0.15) is 0 Å². The van der Waals surface area contributed by atoms with Crippen molar-refractivity contribution in [2.45, 2.75) is 0 Å². The van der Waals surface area contributed by atoms with Gasteiger partial charge in [-0.15, -0.1) is 22.7 Å². The van der Waals surface area contributed by atoms with E-state index in [1.54, 1.807) is 17.4 Å². The Hall–Kier alpha value is -1.57. The molecule has 7 heteroatoms. The van der Waals surface area contributed by atoms with Crippen molar-refractivity contribution in [1.29, 1.82) is 0 Å². The van der Waals surface area contributed by atoms with Crippen molar-refractivity contribution >= 4 is 66.7 Å². The molecule has 0 aliphatic carbocycles. The third-order valence-corrected chi connectivity index (χ3v) is 5.13. The third-order valence-electron chi connectivity index (χ3n) is 2.60. The number of nitro benzene ring substituents is 1. The zero-order chi connectivity index (χ0) is 14.1. The first kappa shape index (κ1) is 13.4. The Bertz CT molecular complexity index is 823. The van der Waals surface area contributed by atoms with Gasteiger partial charge in [0.15, 0.2) is 0 Å². The molecule has 0 bridgehead atoms. The number of thiazole rings is 1. The highest BCUT2D eigenvalue weighted by Gasteiger charge is 2.09. The Balaban J connectivity index is 1.92. The molecule has 1 aromatic carbocycles. The van der Waals surface area contributed by atoms with Gasteiger partial charge in [0, 0.05) is 12.1 Å². The minimum absolute atomic E-state index is 0.0695. The quantitative estimate of drug-likeness (QED) is 0.472. The van der Waals surface area contributed by atoms with Crippen LogP contribution in [0.2, 0.25) is 0 Å². The molecule has 4 nitrogen and oxygen atoms in total. The Morgan fingerprint density at radius 3 is 2.85 bits per heavy atom. The number of nitrogens with zero attached hydrogens (tertiary/aromatic N) is 2. The summed E-state index contributed by atoms with van der Waals surface area (Å²) in [5.74, 6) is 0. The second-order valence-corrected chi connectivity index (χ2v) is 7.33. The van der Waals surface area contributed by atoms with Crippen molar-refractivity contribution in [3.05, 3.63) is 54.1 Å². The molecule has 0 aliphatic heterocycles. The molecule has 0 saturated carbocycles. The predicted octanol–water partition coefficient (Wildman–Crippen LogP) is 5.20. The third kappa shape index (κ3) is 2.79. The van der Waals surface area contributed by atoms with E-state index in [0.29, 0.717) is 5.52 Å². The van der Waals surface area contributed by atoms with Crippen LogP contribution in [0.15, 0.2) is 33.4 Å². The van der Waals surface area contributed by atoms with Crippen molar-refractivity contribution < 1.29 is 4.92 Å². The number of hydrogen-bond acceptors (Lipinski definition) is 5. The van der Waals surface area contributed by atoms with Crippen LogP contribution in [0.25, 0.3) is 22.4 Å². The fourth-order valence-electron chi connectivity index (χ4n) is 1.70. The highest BCUT2D eigenvalue weighted by Crippen LogP contribution is 2.28. The van der Waals surface area contributed by atoms with Crippen molar-refractivity contribution in [3.63, 3.8) is 0 Å². The number of thiophene rings is 1. The van der Waals surface area contributed by atoms with E-state index in [4.69, 9.17) is 0 Å². The SMILES string of the molecule is O=[N+]([O-])c1ccc2sc(/C=C/c3csc(Br)c3)nc2c1. The van der Waals surface area contributed by atoms with Crippen LogP contribution < -0.4 is 0 Å². The molecule has 2 heterocycles. The lowest BCUT2D eigenvalue weighted by atomic mass is 10.3. The number of aromatic nitrogens is 1. The van der Waals surface area contributed by atoms with Crippen LogP contribution >= 0.6 is 38.6 Å². The van der Waals surface area contributed by atoms with Gasteiger partial charge >= 0.3 is 0 Å². The average Bonchev–Trinajstić information content (AvgIpc) is 3.00. The lowest BCUT2D eigenvalue weighted by molar-refractivity contribution is -0.384. The minimum Gasteiger partial charge on any atom is -0.258 e. The number of non-ortho nitro benzene ring substituents is 1. The minimum atomic E-state index is -0.406.